The van der Waals surface area contributed by atoms with Crippen LogP contribution in [0.2, 0.25) is 0 Å². The summed E-state index contributed by atoms with van der Waals surface area (Å²) in [4.78, 5) is 107. The van der Waals surface area contributed by atoms with Crippen molar-refractivity contribution >= 4 is 86.8 Å². The third kappa shape index (κ3) is 15.9. The van der Waals surface area contributed by atoms with Gasteiger partial charge in [0.1, 0.15) is 37.0 Å². The minimum absolute atomic E-state index is 0.00101. The van der Waals surface area contributed by atoms with Crippen LogP contribution < -0.4 is 31.2 Å². The number of nitrogens with zero attached hydrogens (tertiary/aromatic N) is 5. The highest BCUT2D eigenvalue weighted by Gasteiger charge is 2.49. The van der Waals surface area contributed by atoms with E-state index in [-0.39, 0.29) is 68.7 Å². The molecule has 432 valence electrons. The Kier molecular flexibility index (Phi) is 22.8. The number of halogens is 1. The summed E-state index contributed by atoms with van der Waals surface area (Å²) < 4.78 is 13.0. The fraction of sp³-hybridized carbons (Fsp3) is 0.636. The number of amides is 7. The number of imide groups is 1. The van der Waals surface area contributed by atoms with E-state index >= 15 is 0 Å². The number of anilines is 2. The summed E-state index contributed by atoms with van der Waals surface area (Å²) in [6.45, 7) is 12.8. The van der Waals surface area contributed by atoms with Gasteiger partial charge in [-0.05, 0) is 69.1 Å². The molecule has 6 rings (SSSR count). The molecule has 5 heterocycles. The Balaban J connectivity index is 0.909. The highest BCUT2D eigenvalue weighted by molar-refractivity contribution is 14.1. The number of benzene rings is 1. The number of rotatable bonds is 26. The standard InChI is InChI=1S/C55H78IN11O12/c1-8-12-14-37(13-9-2)67-31-59-45-48(57-30-58-49(45)67)64-52-47(73)46(72)44(39(28-68)79-52)63-41(70)25-35-19-23-65(27-35)54(77)78-29-34-15-17-36(18-16-34)61-50(74)33(7)60-51(75)43(32(5)6)62-40(69)20-24-66-42(71)26-38(53(66)76)55(56,21-10-3)22-11-4/h15-18,30-33,35,37-39,43-44,46-47,52,68,72-73H,8-10,12-14,19-21,23-29H2,1-7H3,(H5,57,58,60,61,62,63,64,69,70,74,75)/p+1/t33-,35+,37?,38?,39-,43-,44-,46+,47-,52-,55?/m0/s1. The molecule has 3 fully saturated rings. The highest BCUT2D eigenvalue weighted by atomic mass is 127. The van der Waals surface area contributed by atoms with E-state index < -0.39 is 88.3 Å². The van der Waals surface area contributed by atoms with Gasteiger partial charge in [-0.25, -0.2) is 9.36 Å². The predicted octanol–water partition coefficient (Wildman–Crippen LogP) is 3.51. The molecule has 23 nitrogen and oxygen atoms in total. The summed E-state index contributed by atoms with van der Waals surface area (Å²) in [5.74, 6) is 2.29. The van der Waals surface area contributed by atoms with Crippen LogP contribution in [0.3, 0.4) is 0 Å². The number of aliphatic hydroxyl groups excluding tert-OH is 3. The largest absolute Gasteiger partial charge is 0.445 e. The predicted molar refractivity (Wildman–Crippen MR) is 299 cm³/mol. The average Bonchev–Trinajstić information content (AvgIpc) is 4.24. The number of aromatic nitrogens is 4. The van der Waals surface area contributed by atoms with Crippen molar-refractivity contribution in [3.63, 3.8) is 0 Å². The second-order valence-electron chi connectivity index (χ2n) is 21.1. The summed E-state index contributed by atoms with van der Waals surface area (Å²) in [7, 11) is 0. The molecule has 3 unspecified atom stereocenters. The number of fused-ring (bicyclic) bond motifs is 1. The lowest BCUT2D eigenvalue weighted by atomic mass is 9.87. The van der Waals surface area contributed by atoms with Gasteiger partial charge in [-0.1, -0.05) is 106 Å². The van der Waals surface area contributed by atoms with E-state index in [1.54, 1.807) is 45.0 Å². The quantitative estimate of drug-likeness (QED) is 0.0183. The smallest absolute Gasteiger partial charge is 0.410 e. The van der Waals surface area contributed by atoms with Gasteiger partial charge in [0, 0.05) is 44.6 Å². The molecule has 9 N–H and O–H groups in total. The van der Waals surface area contributed by atoms with E-state index in [0.717, 1.165) is 43.4 Å². The Labute approximate surface area is 475 Å². The zero-order valence-electron chi connectivity index (χ0n) is 46.3. The SMILES string of the molecule is CC#CC(I)(CCC)C1CC(=O)N(CCC(=O)N[C@H](C(=O)N[C@@H](C)C(=O)Nc2ccc(COC(=O)N3CC[C@H](CC(=O)N[C@@H]4[C@@H](O)[C@H](O)[C@@H](Nc5ncnc6c5[nH]c[n+]6C(CCC)CCCC)O[C@H]4CO)C3)cc2)C(C)C)C1=O. The molecule has 24 heteroatoms. The first kappa shape index (κ1) is 62.2. The van der Waals surface area contributed by atoms with Crippen molar-refractivity contribution in [2.24, 2.45) is 17.8 Å². The molecule has 79 heavy (non-hydrogen) atoms. The number of nitrogens with one attached hydrogen (secondary N) is 6. The van der Waals surface area contributed by atoms with Crippen molar-refractivity contribution in [2.45, 2.75) is 178 Å². The van der Waals surface area contributed by atoms with Gasteiger partial charge >= 0.3 is 11.7 Å². The van der Waals surface area contributed by atoms with Crippen LogP contribution in [0.15, 0.2) is 36.9 Å². The van der Waals surface area contributed by atoms with Crippen LogP contribution in [0.4, 0.5) is 16.3 Å². The van der Waals surface area contributed by atoms with E-state index in [2.05, 4.69) is 94.4 Å². The van der Waals surface area contributed by atoms with Crippen molar-refractivity contribution in [3.05, 3.63) is 42.5 Å². The number of aliphatic hydroxyl groups is 3. The Morgan fingerprint density at radius 1 is 0.987 bits per heavy atom. The average molecular weight is 1210 g/mol. The van der Waals surface area contributed by atoms with Gasteiger partial charge in [0.15, 0.2) is 24.7 Å². The molecule has 1 aromatic carbocycles. The van der Waals surface area contributed by atoms with Crippen molar-refractivity contribution in [2.75, 3.05) is 36.9 Å². The van der Waals surface area contributed by atoms with Crippen LogP contribution in [-0.2, 0) is 44.8 Å². The Morgan fingerprint density at radius 3 is 2.41 bits per heavy atom. The maximum Gasteiger partial charge on any atom is 0.410 e. The molecule has 0 bridgehead atoms. The molecule has 0 aliphatic carbocycles. The van der Waals surface area contributed by atoms with Crippen LogP contribution >= 0.6 is 22.6 Å². The number of carbonyl (C=O) groups is 7. The van der Waals surface area contributed by atoms with E-state index in [1.807, 2.05) is 13.3 Å². The number of imidazole rings is 1. The summed E-state index contributed by atoms with van der Waals surface area (Å²) >= 11 is 2.16. The van der Waals surface area contributed by atoms with Gasteiger partial charge in [-0.2, -0.15) is 4.98 Å². The van der Waals surface area contributed by atoms with Crippen molar-refractivity contribution in [1.29, 1.82) is 0 Å². The minimum Gasteiger partial charge on any atom is -0.445 e. The summed E-state index contributed by atoms with van der Waals surface area (Å²) in [5.41, 5.74) is 2.30. The number of carbonyl (C=O) groups excluding carboxylic acids is 7. The molecular weight excluding hydrogens is 1130 g/mol. The number of H-pyrrole nitrogens is 1. The van der Waals surface area contributed by atoms with E-state index in [4.69, 9.17) is 9.47 Å². The molecule has 3 aliphatic heterocycles. The molecule has 3 aromatic rings. The molecule has 11 atom stereocenters. The minimum atomic E-state index is -1.52. The molecule has 3 aliphatic rings. The van der Waals surface area contributed by atoms with E-state index in [0.29, 0.717) is 47.6 Å². The lowest BCUT2D eigenvalue weighted by Crippen LogP contribution is -2.65. The molecule has 0 spiro atoms. The first-order chi connectivity index (χ1) is 37.7. The first-order valence-corrected chi connectivity index (χ1v) is 28.6. The lowest BCUT2D eigenvalue weighted by Gasteiger charge is -2.42. The number of ether oxygens (including phenoxy) is 2. The van der Waals surface area contributed by atoms with Crippen LogP contribution in [-0.4, -0.2) is 154 Å². The van der Waals surface area contributed by atoms with E-state index in [1.165, 1.54) is 18.2 Å². The van der Waals surface area contributed by atoms with Crippen molar-refractivity contribution in [3.8, 4) is 11.8 Å². The van der Waals surface area contributed by atoms with E-state index in [9.17, 15) is 48.9 Å². The molecular formula is C55H79IN11O12+. The monoisotopic (exact) mass is 1210 g/mol. The number of hydrogen-bond donors (Lipinski definition) is 9. The van der Waals surface area contributed by atoms with Gasteiger partial charge < -0.3 is 56.3 Å². The zero-order chi connectivity index (χ0) is 57.6. The number of likely N-dealkylation sites (tertiary alicyclic amines) is 2. The van der Waals surface area contributed by atoms with Crippen LogP contribution in [0, 0.1) is 29.6 Å². The number of aromatic amines is 1. The molecule has 7 amide bonds. The van der Waals surface area contributed by atoms with Crippen molar-refractivity contribution in [1.82, 2.24) is 40.7 Å². The van der Waals surface area contributed by atoms with Crippen molar-refractivity contribution < 1.29 is 62.9 Å². The fourth-order valence-electron chi connectivity index (χ4n) is 10.4. The second kappa shape index (κ2) is 28.9. The van der Waals surface area contributed by atoms with Gasteiger partial charge in [-0.3, -0.25) is 38.7 Å². The van der Waals surface area contributed by atoms with Gasteiger partial charge in [0.05, 0.1) is 28.0 Å². The first-order valence-electron chi connectivity index (χ1n) is 27.6. The Bertz CT molecular complexity index is 2680. The van der Waals surface area contributed by atoms with Crippen LogP contribution in [0.5, 0.6) is 0 Å². The number of alkyl halides is 1. The molecule has 0 radical (unpaired) electrons. The normalized spacial score (nSPS) is 23.1. The molecule has 2 aromatic heterocycles. The Hall–Kier alpha value is -6.01. The summed E-state index contributed by atoms with van der Waals surface area (Å²) in [5, 5.41) is 46.7. The zero-order valence-corrected chi connectivity index (χ0v) is 48.4. The van der Waals surface area contributed by atoms with Gasteiger partial charge in [0.25, 0.3) is 0 Å². The third-order valence-electron chi connectivity index (χ3n) is 14.8. The number of unbranched alkanes of at least 4 members (excludes halogenated alkanes) is 1. The fourth-order valence-corrected chi connectivity index (χ4v) is 11.7. The highest BCUT2D eigenvalue weighted by Crippen LogP contribution is 2.40. The molecule has 0 saturated carbocycles. The summed E-state index contributed by atoms with van der Waals surface area (Å²) in [6.07, 6.45) is 4.22. The van der Waals surface area contributed by atoms with Crippen LogP contribution in [0.1, 0.15) is 131 Å². The van der Waals surface area contributed by atoms with Gasteiger partial charge in [-0.15, -0.1) is 5.92 Å². The third-order valence-corrected chi connectivity index (χ3v) is 16.3. The maximum absolute atomic E-state index is 13.4. The van der Waals surface area contributed by atoms with Gasteiger partial charge in [0.2, 0.25) is 41.0 Å². The maximum atomic E-state index is 13.4. The summed E-state index contributed by atoms with van der Waals surface area (Å²) in [6, 6.07) is 3.65. The molecule has 3 saturated heterocycles. The number of hydrogen-bond acceptors (Lipinski definition) is 15. The second-order valence-corrected chi connectivity index (χ2v) is 23.1. The lowest BCUT2D eigenvalue weighted by molar-refractivity contribution is -0.701. The Morgan fingerprint density at radius 2 is 1.73 bits per heavy atom. The van der Waals surface area contributed by atoms with Crippen LogP contribution in [0.25, 0.3) is 11.2 Å². The topological polar surface area (TPSA) is 311 Å².